The van der Waals surface area contributed by atoms with Crippen molar-refractivity contribution in [1.82, 2.24) is 5.32 Å². The molecule has 1 heterocycles. The van der Waals surface area contributed by atoms with Crippen LogP contribution in [0.15, 0.2) is 22.7 Å². The topological polar surface area (TPSA) is 39.1 Å². The number of hydrogen-bond acceptors (Lipinski definition) is 3. The normalized spacial score (nSPS) is 20.3. The Hall–Kier alpha value is -1.05. The molecule has 3 nitrogen and oxygen atoms in total. The number of halogens is 1. The Kier molecular flexibility index (Phi) is 4.62. The monoisotopic (exact) mass is 307 g/mol. The summed E-state index contributed by atoms with van der Waals surface area (Å²) >= 11 is 3.50. The average molecular weight is 308 g/mol. The molecule has 18 heavy (non-hydrogen) atoms. The molecule has 4 heteroatoms. The van der Waals surface area contributed by atoms with Crippen molar-refractivity contribution < 1.29 is 0 Å². The lowest BCUT2D eigenvalue weighted by molar-refractivity contribution is 0.552. The SMILES string of the molecule is Cc1cc(Br)ccc1N1CCCNC(CC#N)C1. The zero-order valence-corrected chi connectivity index (χ0v) is 12.2. The minimum atomic E-state index is 0.278. The van der Waals surface area contributed by atoms with E-state index in [4.69, 9.17) is 5.26 Å². The van der Waals surface area contributed by atoms with Crippen LogP contribution in [0.3, 0.4) is 0 Å². The van der Waals surface area contributed by atoms with Crippen molar-refractivity contribution >= 4 is 21.6 Å². The fourth-order valence-electron chi connectivity index (χ4n) is 2.44. The Morgan fingerprint density at radius 3 is 3.11 bits per heavy atom. The van der Waals surface area contributed by atoms with E-state index in [1.807, 2.05) is 0 Å². The van der Waals surface area contributed by atoms with E-state index in [1.54, 1.807) is 0 Å². The van der Waals surface area contributed by atoms with Crippen LogP contribution in [0, 0.1) is 18.3 Å². The second kappa shape index (κ2) is 6.21. The fourth-order valence-corrected chi connectivity index (χ4v) is 2.91. The van der Waals surface area contributed by atoms with Crippen LogP contribution in [0.4, 0.5) is 5.69 Å². The van der Waals surface area contributed by atoms with Crippen LogP contribution in [0.5, 0.6) is 0 Å². The van der Waals surface area contributed by atoms with Gasteiger partial charge >= 0.3 is 0 Å². The number of aryl methyl sites for hydroxylation is 1. The molecule has 1 fully saturated rings. The average Bonchev–Trinajstić information content (AvgIpc) is 2.55. The third-order valence-electron chi connectivity index (χ3n) is 3.32. The van der Waals surface area contributed by atoms with Gasteiger partial charge in [-0.25, -0.2) is 0 Å². The fraction of sp³-hybridized carbons (Fsp3) is 0.500. The Balaban J connectivity index is 2.17. The van der Waals surface area contributed by atoms with Gasteiger partial charge in [0.15, 0.2) is 0 Å². The molecule has 0 amide bonds. The Morgan fingerprint density at radius 2 is 2.39 bits per heavy atom. The minimum absolute atomic E-state index is 0.278. The molecular formula is C14H18BrN3. The lowest BCUT2D eigenvalue weighted by Gasteiger charge is -2.27. The molecule has 0 saturated carbocycles. The zero-order chi connectivity index (χ0) is 13.0. The standard InChI is InChI=1S/C14H18BrN3/c1-11-9-12(15)3-4-14(11)18-8-2-7-17-13(10-18)5-6-16/h3-4,9,13,17H,2,5,7-8,10H2,1H3. The van der Waals surface area contributed by atoms with Crippen molar-refractivity contribution in [1.29, 1.82) is 5.26 Å². The zero-order valence-electron chi connectivity index (χ0n) is 10.6. The van der Waals surface area contributed by atoms with Gasteiger partial charge in [-0.05, 0) is 43.7 Å². The van der Waals surface area contributed by atoms with Gasteiger partial charge in [-0.3, -0.25) is 0 Å². The van der Waals surface area contributed by atoms with E-state index in [-0.39, 0.29) is 6.04 Å². The summed E-state index contributed by atoms with van der Waals surface area (Å²) in [7, 11) is 0. The molecule has 0 spiro atoms. The summed E-state index contributed by atoms with van der Waals surface area (Å²) in [6, 6.07) is 8.93. The first-order chi connectivity index (χ1) is 8.70. The van der Waals surface area contributed by atoms with E-state index in [0.29, 0.717) is 6.42 Å². The Morgan fingerprint density at radius 1 is 1.56 bits per heavy atom. The van der Waals surface area contributed by atoms with Crippen molar-refractivity contribution in [3.8, 4) is 6.07 Å². The number of nitriles is 1. The molecule has 0 radical (unpaired) electrons. The molecule has 1 N–H and O–H groups in total. The first-order valence-electron chi connectivity index (χ1n) is 6.32. The number of rotatable bonds is 2. The molecule has 1 aliphatic heterocycles. The second-order valence-electron chi connectivity index (χ2n) is 4.74. The van der Waals surface area contributed by atoms with Crippen LogP contribution >= 0.6 is 15.9 Å². The van der Waals surface area contributed by atoms with Crippen molar-refractivity contribution in [3.05, 3.63) is 28.2 Å². The van der Waals surface area contributed by atoms with Gasteiger partial charge in [-0.2, -0.15) is 5.26 Å². The van der Waals surface area contributed by atoms with E-state index >= 15 is 0 Å². The Bertz CT molecular complexity index is 453. The predicted octanol–water partition coefficient (Wildman–Crippen LogP) is 2.84. The summed E-state index contributed by atoms with van der Waals surface area (Å²) in [5.41, 5.74) is 2.56. The van der Waals surface area contributed by atoms with E-state index in [9.17, 15) is 0 Å². The maximum absolute atomic E-state index is 8.84. The minimum Gasteiger partial charge on any atom is -0.370 e. The first-order valence-corrected chi connectivity index (χ1v) is 7.11. The van der Waals surface area contributed by atoms with Gasteiger partial charge in [0.1, 0.15) is 0 Å². The largest absolute Gasteiger partial charge is 0.370 e. The lowest BCUT2D eigenvalue weighted by atomic mass is 10.1. The quantitative estimate of drug-likeness (QED) is 0.913. The van der Waals surface area contributed by atoms with Crippen molar-refractivity contribution in [3.63, 3.8) is 0 Å². The molecule has 1 saturated heterocycles. The highest BCUT2D eigenvalue weighted by Crippen LogP contribution is 2.25. The maximum Gasteiger partial charge on any atom is 0.0638 e. The highest BCUT2D eigenvalue weighted by molar-refractivity contribution is 9.10. The number of anilines is 1. The van der Waals surface area contributed by atoms with Crippen LogP contribution in [0.25, 0.3) is 0 Å². The van der Waals surface area contributed by atoms with Gasteiger partial charge in [-0.15, -0.1) is 0 Å². The van der Waals surface area contributed by atoms with Crippen LogP contribution < -0.4 is 10.2 Å². The summed E-state index contributed by atoms with van der Waals surface area (Å²) in [5.74, 6) is 0. The van der Waals surface area contributed by atoms with Gasteiger partial charge in [-0.1, -0.05) is 15.9 Å². The third kappa shape index (κ3) is 3.24. The maximum atomic E-state index is 8.84. The first kappa shape index (κ1) is 13.4. The lowest BCUT2D eigenvalue weighted by Crippen LogP contribution is -2.37. The molecule has 1 aliphatic rings. The van der Waals surface area contributed by atoms with Gasteiger partial charge in [0.25, 0.3) is 0 Å². The molecule has 0 aromatic heterocycles. The molecule has 0 bridgehead atoms. The van der Waals surface area contributed by atoms with E-state index < -0.39 is 0 Å². The van der Waals surface area contributed by atoms with Gasteiger partial charge in [0.2, 0.25) is 0 Å². The second-order valence-corrected chi connectivity index (χ2v) is 5.66. The van der Waals surface area contributed by atoms with Gasteiger partial charge in [0.05, 0.1) is 12.5 Å². The van der Waals surface area contributed by atoms with E-state index in [1.165, 1.54) is 11.3 Å². The van der Waals surface area contributed by atoms with Gasteiger partial charge < -0.3 is 10.2 Å². The molecule has 1 atom stereocenters. The summed E-state index contributed by atoms with van der Waals surface area (Å²) in [4.78, 5) is 2.39. The summed E-state index contributed by atoms with van der Waals surface area (Å²) in [5, 5.41) is 12.3. The van der Waals surface area contributed by atoms with Crippen LogP contribution in [-0.4, -0.2) is 25.7 Å². The predicted molar refractivity (Wildman–Crippen MR) is 77.7 cm³/mol. The van der Waals surface area contributed by atoms with Crippen molar-refractivity contribution in [2.24, 2.45) is 0 Å². The smallest absolute Gasteiger partial charge is 0.0638 e. The molecule has 96 valence electrons. The summed E-state index contributed by atoms with van der Waals surface area (Å²) in [6.45, 7) is 5.10. The van der Waals surface area contributed by atoms with Crippen LogP contribution in [0.1, 0.15) is 18.4 Å². The number of benzene rings is 1. The number of nitrogens with one attached hydrogen (secondary N) is 1. The molecule has 1 aromatic carbocycles. The van der Waals surface area contributed by atoms with Gasteiger partial charge in [0, 0.05) is 29.3 Å². The molecule has 1 unspecified atom stereocenters. The number of hydrogen-bond donors (Lipinski definition) is 1. The molecule has 2 rings (SSSR count). The van der Waals surface area contributed by atoms with E-state index in [0.717, 1.165) is 30.5 Å². The number of nitrogens with zero attached hydrogens (tertiary/aromatic N) is 2. The van der Waals surface area contributed by atoms with Crippen LogP contribution in [-0.2, 0) is 0 Å². The summed E-state index contributed by atoms with van der Waals surface area (Å²) in [6.07, 6.45) is 1.70. The van der Waals surface area contributed by atoms with E-state index in [2.05, 4.69) is 57.3 Å². The Labute approximate surface area is 117 Å². The highest BCUT2D eigenvalue weighted by Gasteiger charge is 2.18. The molecular weight excluding hydrogens is 290 g/mol. The highest BCUT2D eigenvalue weighted by atomic mass is 79.9. The summed E-state index contributed by atoms with van der Waals surface area (Å²) < 4.78 is 1.12. The third-order valence-corrected chi connectivity index (χ3v) is 3.81. The van der Waals surface area contributed by atoms with Crippen LogP contribution in [0.2, 0.25) is 0 Å². The van der Waals surface area contributed by atoms with Crippen molar-refractivity contribution in [2.45, 2.75) is 25.8 Å². The molecule has 0 aliphatic carbocycles. The van der Waals surface area contributed by atoms with Crippen molar-refractivity contribution in [2.75, 3.05) is 24.5 Å². The molecule has 1 aromatic rings.